The van der Waals surface area contributed by atoms with Crippen molar-refractivity contribution in [3.05, 3.63) is 70.4 Å². The number of amides is 1. The lowest BCUT2D eigenvalue weighted by molar-refractivity contribution is -0.113. The minimum atomic E-state index is -0.120. The van der Waals surface area contributed by atoms with E-state index in [-0.39, 0.29) is 5.91 Å². The molecule has 0 atom stereocenters. The molecule has 1 heterocycles. The molecule has 3 rings (SSSR count). The van der Waals surface area contributed by atoms with Gasteiger partial charge in [-0.2, -0.15) is 0 Å². The summed E-state index contributed by atoms with van der Waals surface area (Å²) in [6, 6.07) is 13.8. The first-order chi connectivity index (χ1) is 11.0. The molecule has 0 aliphatic carbocycles. The average Bonchev–Trinajstić information content (AvgIpc) is 2.79. The lowest BCUT2D eigenvalue weighted by Crippen LogP contribution is -2.30. The fourth-order valence-electron chi connectivity index (χ4n) is 2.65. The summed E-state index contributed by atoms with van der Waals surface area (Å²) in [5.74, 6) is -0.120. The molecule has 0 saturated carbocycles. The Kier molecular flexibility index (Phi) is 4.01. The van der Waals surface area contributed by atoms with E-state index in [1.54, 1.807) is 4.90 Å². The van der Waals surface area contributed by atoms with E-state index in [0.717, 1.165) is 22.4 Å². The van der Waals surface area contributed by atoms with Crippen LogP contribution in [0.25, 0.3) is 6.08 Å². The minimum absolute atomic E-state index is 0.120. The summed E-state index contributed by atoms with van der Waals surface area (Å²) in [7, 11) is 0. The van der Waals surface area contributed by atoms with Gasteiger partial charge in [0.1, 0.15) is 5.70 Å². The number of aryl methyl sites for hydroxylation is 2. The smallest absolute Gasteiger partial charge is 0.281 e. The topological polar surface area (TPSA) is 32.3 Å². The molecule has 1 saturated heterocycles. The third kappa shape index (κ3) is 2.78. The maximum absolute atomic E-state index is 12.8. The fraction of sp³-hybridized carbons (Fsp3) is 0.158. The molecule has 0 bridgehead atoms. The Balaban J connectivity index is 2.00. The Morgan fingerprint density at radius 1 is 1.00 bits per heavy atom. The van der Waals surface area contributed by atoms with Crippen LogP contribution < -0.4 is 10.2 Å². The zero-order valence-electron chi connectivity index (χ0n) is 13.4. The predicted octanol–water partition coefficient (Wildman–Crippen LogP) is 3.87. The van der Waals surface area contributed by atoms with E-state index < -0.39 is 0 Å². The molecule has 116 valence electrons. The molecule has 1 amide bonds. The van der Waals surface area contributed by atoms with Gasteiger partial charge in [-0.15, -0.1) is 0 Å². The lowest BCUT2D eigenvalue weighted by Gasteiger charge is -2.16. The molecule has 1 N–H and O–H groups in total. The van der Waals surface area contributed by atoms with Crippen molar-refractivity contribution in [2.45, 2.75) is 20.8 Å². The van der Waals surface area contributed by atoms with E-state index in [1.807, 2.05) is 49.4 Å². The van der Waals surface area contributed by atoms with Crippen molar-refractivity contribution in [1.29, 1.82) is 0 Å². The summed E-state index contributed by atoms with van der Waals surface area (Å²) in [6.45, 7) is 6.09. The van der Waals surface area contributed by atoms with Crippen LogP contribution in [0.15, 0.2) is 48.2 Å². The molecule has 1 aliphatic heterocycles. The molecule has 23 heavy (non-hydrogen) atoms. The number of nitrogens with zero attached hydrogens (tertiary/aromatic N) is 1. The van der Waals surface area contributed by atoms with E-state index in [1.165, 1.54) is 5.56 Å². The van der Waals surface area contributed by atoms with Gasteiger partial charge in [0.15, 0.2) is 5.11 Å². The van der Waals surface area contributed by atoms with Crippen LogP contribution >= 0.6 is 12.2 Å². The van der Waals surface area contributed by atoms with Crippen LogP contribution in [0, 0.1) is 20.8 Å². The second kappa shape index (κ2) is 5.97. The van der Waals surface area contributed by atoms with Gasteiger partial charge in [0, 0.05) is 0 Å². The molecular formula is C19H18N2OS. The second-order valence-electron chi connectivity index (χ2n) is 5.70. The molecular weight excluding hydrogens is 304 g/mol. The number of anilines is 1. The number of thiocarbonyl (C=S) groups is 1. The van der Waals surface area contributed by atoms with Gasteiger partial charge in [-0.25, -0.2) is 0 Å². The molecule has 1 fully saturated rings. The van der Waals surface area contributed by atoms with E-state index in [0.29, 0.717) is 10.8 Å². The van der Waals surface area contributed by atoms with E-state index in [4.69, 9.17) is 12.2 Å². The molecule has 0 aromatic heterocycles. The number of hydrogen-bond donors (Lipinski definition) is 1. The molecule has 0 spiro atoms. The van der Waals surface area contributed by atoms with Gasteiger partial charge in [-0.05, 0) is 67.4 Å². The predicted molar refractivity (Wildman–Crippen MR) is 98.3 cm³/mol. The van der Waals surface area contributed by atoms with Gasteiger partial charge in [-0.1, -0.05) is 36.4 Å². The largest absolute Gasteiger partial charge is 0.327 e. The highest BCUT2D eigenvalue weighted by atomic mass is 32.1. The van der Waals surface area contributed by atoms with Crippen LogP contribution in [-0.4, -0.2) is 11.0 Å². The summed E-state index contributed by atoms with van der Waals surface area (Å²) < 4.78 is 0. The maximum atomic E-state index is 12.8. The Morgan fingerprint density at radius 3 is 2.43 bits per heavy atom. The highest BCUT2D eigenvalue weighted by Gasteiger charge is 2.32. The van der Waals surface area contributed by atoms with Gasteiger partial charge in [0.05, 0.1) is 5.69 Å². The maximum Gasteiger partial charge on any atom is 0.281 e. The van der Waals surface area contributed by atoms with Gasteiger partial charge in [-0.3, -0.25) is 9.69 Å². The third-order valence-electron chi connectivity index (χ3n) is 4.18. The quantitative estimate of drug-likeness (QED) is 0.673. The molecule has 1 aliphatic rings. The third-order valence-corrected chi connectivity index (χ3v) is 4.47. The van der Waals surface area contributed by atoms with E-state index >= 15 is 0 Å². The van der Waals surface area contributed by atoms with Gasteiger partial charge < -0.3 is 5.32 Å². The first-order valence-corrected chi connectivity index (χ1v) is 7.89. The summed E-state index contributed by atoms with van der Waals surface area (Å²) >= 11 is 5.36. The van der Waals surface area contributed by atoms with Crippen LogP contribution in [-0.2, 0) is 4.79 Å². The fourth-order valence-corrected chi connectivity index (χ4v) is 2.95. The number of carbonyl (C=O) groups excluding carboxylic acids is 1. The van der Waals surface area contributed by atoms with Crippen LogP contribution in [0.2, 0.25) is 0 Å². The molecule has 0 unspecified atom stereocenters. The zero-order valence-corrected chi connectivity index (χ0v) is 14.2. The normalized spacial score (nSPS) is 16.1. The Labute approximate surface area is 141 Å². The Bertz CT molecular complexity index is 839. The first kappa shape index (κ1) is 15.4. The molecule has 3 nitrogen and oxygen atoms in total. The van der Waals surface area contributed by atoms with Crippen molar-refractivity contribution >= 4 is 35.0 Å². The number of hydrogen-bond acceptors (Lipinski definition) is 2. The van der Waals surface area contributed by atoms with Crippen LogP contribution in [0.5, 0.6) is 0 Å². The standard InChI is InChI=1S/C19H18N2OS/c1-12-8-6-9-15(14(12)3)11-16-18(22)21(19(23)20-16)17-10-5-4-7-13(17)2/h4-11H,1-3H3,(H,20,23)/b16-11+. The zero-order chi connectivity index (χ0) is 16.6. The number of carbonyl (C=O) groups is 1. The number of benzene rings is 2. The minimum Gasteiger partial charge on any atom is -0.327 e. The highest BCUT2D eigenvalue weighted by Crippen LogP contribution is 2.26. The van der Waals surface area contributed by atoms with Crippen molar-refractivity contribution < 1.29 is 4.79 Å². The SMILES string of the molecule is Cc1ccccc1N1C(=O)/C(=C\c2cccc(C)c2C)NC1=S. The molecule has 4 heteroatoms. The first-order valence-electron chi connectivity index (χ1n) is 7.48. The van der Waals surface area contributed by atoms with Crippen molar-refractivity contribution in [2.24, 2.45) is 0 Å². The van der Waals surface area contributed by atoms with Crippen molar-refractivity contribution in [2.75, 3.05) is 4.90 Å². The number of nitrogens with one attached hydrogen (secondary N) is 1. The molecule has 2 aromatic carbocycles. The summed E-state index contributed by atoms with van der Waals surface area (Å²) in [5.41, 5.74) is 5.72. The number of para-hydroxylation sites is 1. The van der Waals surface area contributed by atoms with Crippen LogP contribution in [0.4, 0.5) is 5.69 Å². The second-order valence-corrected chi connectivity index (χ2v) is 6.09. The van der Waals surface area contributed by atoms with Crippen molar-refractivity contribution in [3.8, 4) is 0 Å². The summed E-state index contributed by atoms with van der Waals surface area (Å²) in [4.78, 5) is 14.3. The highest BCUT2D eigenvalue weighted by molar-refractivity contribution is 7.80. The lowest BCUT2D eigenvalue weighted by atomic mass is 10.0. The summed E-state index contributed by atoms with van der Waals surface area (Å²) in [6.07, 6.45) is 1.87. The molecule has 0 radical (unpaired) electrons. The van der Waals surface area contributed by atoms with Gasteiger partial charge in [0.2, 0.25) is 0 Å². The van der Waals surface area contributed by atoms with Crippen LogP contribution in [0.1, 0.15) is 22.3 Å². The van der Waals surface area contributed by atoms with Crippen molar-refractivity contribution in [3.63, 3.8) is 0 Å². The number of rotatable bonds is 2. The van der Waals surface area contributed by atoms with Gasteiger partial charge >= 0.3 is 0 Å². The Morgan fingerprint density at radius 2 is 1.70 bits per heavy atom. The monoisotopic (exact) mass is 322 g/mol. The van der Waals surface area contributed by atoms with E-state index in [9.17, 15) is 4.79 Å². The summed E-state index contributed by atoms with van der Waals surface area (Å²) in [5, 5.41) is 3.46. The van der Waals surface area contributed by atoms with E-state index in [2.05, 4.69) is 25.2 Å². The average molecular weight is 322 g/mol. The molecule has 2 aromatic rings. The van der Waals surface area contributed by atoms with Gasteiger partial charge in [0.25, 0.3) is 5.91 Å². The van der Waals surface area contributed by atoms with Crippen molar-refractivity contribution in [1.82, 2.24) is 5.32 Å². The van der Waals surface area contributed by atoms with Crippen LogP contribution in [0.3, 0.4) is 0 Å². The Hall–Kier alpha value is -2.46.